The Morgan fingerprint density at radius 1 is 0.864 bits per heavy atom. The van der Waals surface area contributed by atoms with E-state index in [1.54, 1.807) is 30.3 Å². The lowest BCUT2D eigenvalue weighted by Gasteiger charge is -2.17. The van der Waals surface area contributed by atoms with Gasteiger partial charge in [0.05, 0.1) is 0 Å². The maximum absolute atomic E-state index is 12.4. The largest absolute Gasteiger partial charge is 0.384 e. The summed E-state index contributed by atoms with van der Waals surface area (Å²) in [4.78, 5) is 24.5. The minimum absolute atomic E-state index is 0.107. The fourth-order valence-corrected chi connectivity index (χ4v) is 2.43. The third-order valence-electron chi connectivity index (χ3n) is 3.58. The summed E-state index contributed by atoms with van der Waals surface area (Å²) < 4.78 is 0. The van der Waals surface area contributed by atoms with Crippen LogP contribution in [0.15, 0.2) is 72.3 Å². The van der Waals surface area contributed by atoms with Crippen molar-refractivity contribution < 1.29 is 14.7 Å². The first-order valence-electron chi connectivity index (χ1n) is 6.98. The molecule has 0 aromatic heterocycles. The van der Waals surface area contributed by atoms with Gasteiger partial charge < -0.3 is 5.11 Å². The summed E-state index contributed by atoms with van der Waals surface area (Å²) in [6, 6.07) is 16.1. The van der Waals surface area contributed by atoms with E-state index in [-0.39, 0.29) is 17.1 Å². The molecule has 1 aliphatic carbocycles. The zero-order chi connectivity index (χ0) is 15.5. The van der Waals surface area contributed by atoms with Crippen molar-refractivity contribution in [3.05, 3.63) is 89.0 Å². The first-order chi connectivity index (χ1) is 10.7. The van der Waals surface area contributed by atoms with Crippen LogP contribution in [-0.4, -0.2) is 22.8 Å². The second kappa shape index (κ2) is 5.92. The van der Waals surface area contributed by atoms with E-state index in [9.17, 15) is 14.7 Å². The van der Waals surface area contributed by atoms with Crippen LogP contribution < -0.4 is 0 Å². The number of aliphatic hydroxyl groups excluding tert-OH is 1. The van der Waals surface area contributed by atoms with Crippen LogP contribution in [0.4, 0.5) is 0 Å². The molecule has 108 valence electrons. The van der Waals surface area contributed by atoms with Gasteiger partial charge in [-0.2, -0.15) is 0 Å². The number of carbonyl (C=O) groups excluding carboxylic acids is 2. The maximum Gasteiger partial charge on any atom is 0.192 e. The van der Waals surface area contributed by atoms with Gasteiger partial charge in [-0.15, -0.1) is 0 Å². The first-order valence-corrected chi connectivity index (χ1v) is 6.98. The van der Waals surface area contributed by atoms with Crippen LogP contribution >= 0.6 is 0 Å². The number of rotatable bonds is 3. The highest BCUT2D eigenvalue weighted by Gasteiger charge is 2.27. The molecular weight excluding hydrogens is 276 g/mol. The van der Waals surface area contributed by atoms with Crippen LogP contribution in [0.5, 0.6) is 0 Å². The highest BCUT2D eigenvalue weighted by molar-refractivity contribution is 6.25. The molecule has 3 nitrogen and oxygen atoms in total. The Labute approximate surface area is 128 Å². The van der Waals surface area contributed by atoms with E-state index in [2.05, 4.69) is 0 Å². The molecule has 3 heteroatoms. The lowest BCUT2D eigenvalue weighted by Crippen LogP contribution is -2.23. The third kappa shape index (κ3) is 2.67. The van der Waals surface area contributed by atoms with Crippen molar-refractivity contribution in [3.8, 4) is 0 Å². The van der Waals surface area contributed by atoms with E-state index in [0.29, 0.717) is 11.1 Å². The molecule has 1 atom stereocenters. The minimum atomic E-state index is -1.11. The van der Waals surface area contributed by atoms with Crippen molar-refractivity contribution in [1.82, 2.24) is 0 Å². The van der Waals surface area contributed by atoms with E-state index in [4.69, 9.17) is 0 Å². The van der Waals surface area contributed by atoms with Crippen molar-refractivity contribution in [1.29, 1.82) is 0 Å². The predicted octanol–water partition coefficient (Wildman–Crippen LogP) is 3.07. The van der Waals surface area contributed by atoms with Gasteiger partial charge in [0, 0.05) is 16.7 Å². The van der Waals surface area contributed by atoms with Crippen molar-refractivity contribution in [2.75, 3.05) is 0 Å². The van der Waals surface area contributed by atoms with Gasteiger partial charge in [-0.3, -0.25) is 9.59 Å². The summed E-state index contributed by atoms with van der Waals surface area (Å²) in [5.41, 5.74) is 1.75. The zero-order valence-corrected chi connectivity index (χ0v) is 11.8. The highest BCUT2D eigenvalue weighted by atomic mass is 16.3. The molecule has 0 saturated heterocycles. The Morgan fingerprint density at radius 3 is 2.23 bits per heavy atom. The Balaban J connectivity index is 1.88. The van der Waals surface area contributed by atoms with E-state index >= 15 is 0 Å². The quantitative estimate of drug-likeness (QED) is 0.945. The molecule has 0 saturated carbocycles. The molecule has 22 heavy (non-hydrogen) atoms. The topological polar surface area (TPSA) is 54.4 Å². The van der Waals surface area contributed by atoms with E-state index < -0.39 is 6.10 Å². The fourth-order valence-electron chi connectivity index (χ4n) is 2.43. The molecule has 0 unspecified atom stereocenters. The molecule has 0 fully saturated rings. The lowest BCUT2D eigenvalue weighted by atomic mass is 9.87. The molecule has 3 rings (SSSR count). The number of hydrogen-bond acceptors (Lipinski definition) is 3. The second-order valence-electron chi connectivity index (χ2n) is 5.05. The summed E-state index contributed by atoms with van der Waals surface area (Å²) in [6.07, 6.45) is 3.36. The first kappa shape index (κ1) is 14.2. The van der Waals surface area contributed by atoms with Crippen LogP contribution in [0.2, 0.25) is 0 Å². The van der Waals surface area contributed by atoms with Crippen molar-refractivity contribution in [3.63, 3.8) is 0 Å². The number of aliphatic hydroxyl groups is 1. The number of benzene rings is 2. The molecule has 0 amide bonds. The van der Waals surface area contributed by atoms with Gasteiger partial charge in [-0.1, -0.05) is 66.7 Å². The van der Waals surface area contributed by atoms with E-state index in [0.717, 1.165) is 5.56 Å². The highest BCUT2D eigenvalue weighted by Crippen LogP contribution is 2.23. The molecule has 0 heterocycles. The Hall–Kier alpha value is -2.78. The summed E-state index contributed by atoms with van der Waals surface area (Å²) in [5.74, 6) is -0.558. The number of ketones is 2. The van der Waals surface area contributed by atoms with Crippen LogP contribution in [-0.2, 0) is 0 Å². The molecule has 1 aliphatic rings. The zero-order valence-electron chi connectivity index (χ0n) is 11.8. The lowest BCUT2D eigenvalue weighted by molar-refractivity contribution is 0.0961. The maximum atomic E-state index is 12.4. The van der Waals surface area contributed by atoms with Gasteiger partial charge in [0.2, 0.25) is 0 Å². The van der Waals surface area contributed by atoms with Gasteiger partial charge in [0.15, 0.2) is 11.6 Å². The van der Waals surface area contributed by atoms with Gasteiger partial charge in [0.25, 0.3) is 0 Å². The smallest absolute Gasteiger partial charge is 0.192 e. The third-order valence-corrected chi connectivity index (χ3v) is 3.58. The van der Waals surface area contributed by atoms with Gasteiger partial charge >= 0.3 is 0 Å². The second-order valence-corrected chi connectivity index (χ2v) is 5.05. The number of hydrogen-bond donors (Lipinski definition) is 1. The van der Waals surface area contributed by atoms with Gasteiger partial charge in [0.1, 0.15) is 6.10 Å². The molecular formula is C19H14O3. The van der Waals surface area contributed by atoms with Crippen molar-refractivity contribution >= 4 is 17.6 Å². The Bertz CT molecular complexity index is 785. The monoisotopic (exact) mass is 290 g/mol. The fraction of sp³-hybridized carbons (Fsp3) is 0.0526. The summed E-state index contributed by atoms with van der Waals surface area (Å²) in [7, 11) is 0. The molecule has 0 bridgehead atoms. The summed E-state index contributed by atoms with van der Waals surface area (Å²) in [5, 5.41) is 10.2. The van der Waals surface area contributed by atoms with Gasteiger partial charge in [-0.25, -0.2) is 0 Å². The number of Topliss-reactive ketones (excluding diaryl/α,β-unsaturated/α-hetero) is 1. The number of carbonyl (C=O) groups is 2. The number of allylic oxidation sites excluding steroid dienone is 1. The standard InChI is InChI=1S/C19H14O3/c20-17(11-10-13-6-2-1-3-7-13)16-12-18(21)14-8-4-5-9-15(14)19(16)22/h1-12,17,20H/b11-10-/t17-/m0/s1. The van der Waals surface area contributed by atoms with Crippen molar-refractivity contribution in [2.45, 2.75) is 6.10 Å². The van der Waals surface area contributed by atoms with Crippen molar-refractivity contribution in [2.24, 2.45) is 0 Å². The molecule has 0 radical (unpaired) electrons. The van der Waals surface area contributed by atoms with E-state index in [1.165, 1.54) is 12.2 Å². The Kier molecular flexibility index (Phi) is 3.81. The SMILES string of the molecule is O=C1C=C([C@@H](O)/C=C\c2ccccc2)C(=O)c2ccccc21. The molecule has 2 aromatic rings. The number of fused-ring (bicyclic) bond motifs is 1. The molecule has 0 aliphatic heterocycles. The minimum Gasteiger partial charge on any atom is -0.384 e. The predicted molar refractivity (Wildman–Crippen MR) is 84.7 cm³/mol. The summed E-state index contributed by atoms with van der Waals surface area (Å²) >= 11 is 0. The van der Waals surface area contributed by atoms with Crippen LogP contribution in [0.1, 0.15) is 26.3 Å². The van der Waals surface area contributed by atoms with Gasteiger partial charge in [-0.05, 0) is 11.6 Å². The molecule has 1 N–H and O–H groups in total. The average Bonchev–Trinajstić information content (AvgIpc) is 2.57. The Morgan fingerprint density at radius 2 is 1.50 bits per heavy atom. The van der Waals surface area contributed by atoms with Crippen LogP contribution in [0.25, 0.3) is 6.08 Å². The van der Waals surface area contributed by atoms with E-state index in [1.807, 2.05) is 30.3 Å². The van der Waals surface area contributed by atoms with Crippen LogP contribution in [0.3, 0.4) is 0 Å². The molecule has 2 aromatic carbocycles. The molecule has 0 spiro atoms. The average molecular weight is 290 g/mol. The van der Waals surface area contributed by atoms with Crippen LogP contribution in [0, 0.1) is 0 Å². The summed E-state index contributed by atoms with van der Waals surface area (Å²) in [6.45, 7) is 0. The normalized spacial score (nSPS) is 15.6.